The molecule has 1 aromatic heterocycles. The van der Waals surface area contributed by atoms with Crippen LogP contribution in [0.25, 0.3) is 10.9 Å². The van der Waals surface area contributed by atoms with Gasteiger partial charge in [0.15, 0.2) is 20.6 Å². The van der Waals surface area contributed by atoms with Gasteiger partial charge in [-0.15, -0.1) is 0 Å². The van der Waals surface area contributed by atoms with Crippen LogP contribution < -0.4 is 9.47 Å². The highest BCUT2D eigenvalue weighted by molar-refractivity contribution is 7.90. The molecule has 0 bridgehead atoms. The predicted molar refractivity (Wildman–Crippen MR) is 102 cm³/mol. The quantitative estimate of drug-likeness (QED) is 0.606. The highest BCUT2D eigenvalue weighted by Gasteiger charge is 2.20. The van der Waals surface area contributed by atoms with Crippen molar-refractivity contribution < 1.29 is 22.7 Å². The van der Waals surface area contributed by atoms with Crippen LogP contribution in [0.5, 0.6) is 11.5 Å². The predicted octanol–water partition coefficient (Wildman–Crippen LogP) is 3.28. The minimum Gasteiger partial charge on any atom is -0.496 e. The Morgan fingerprint density at radius 2 is 1.74 bits per heavy atom. The Hall–Kier alpha value is -2.93. The molecule has 0 saturated carbocycles. The van der Waals surface area contributed by atoms with E-state index < -0.39 is 9.84 Å². The second-order valence-corrected chi connectivity index (χ2v) is 7.88. The molecule has 0 amide bonds. The Morgan fingerprint density at radius 3 is 2.33 bits per heavy atom. The largest absolute Gasteiger partial charge is 0.496 e. The summed E-state index contributed by atoms with van der Waals surface area (Å²) in [5, 5.41) is 0.486. The molecule has 3 rings (SSSR count). The lowest BCUT2D eigenvalue weighted by Gasteiger charge is -2.12. The molecule has 1 heterocycles. The molecule has 0 aliphatic carbocycles. The molecule has 0 radical (unpaired) electrons. The van der Waals surface area contributed by atoms with Crippen molar-refractivity contribution in [3.05, 3.63) is 59.7 Å². The summed E-state index contributed by atoms with van der Waals surface area (Å²) in [7, 11) is -1.97. The van der Waals surface area contributed by atoms with Gasteiger partial charge in [-0.1, -0.05) is 0 Å². The van der Waals surface area contributed by atoms with Crippen LogP contribution in [0.2, 0.25) is 0 Å². The van der Waals surface area contributed by atoms with Crippen molar-refractivity contribution in [1.82, 2.24) is 4.98 Å². The first-order valence-corrected chi connectivity index (χ1v) is 10.2. The van der Waals surface area contributed by atoms with E-state index in [4.69, 9.17) is 9.47 Å². The standard InChI is InChI=1S/C20H19NO5S/c1-4-26-14-7-5-13(6-8-14)20(22)19-15-9-12-18(27(3,23)24)21-16(15)10-11-17(19)25-2/h5-12H,4H2,1-3H3. The van der Waals surface area contributed by atoms with Crippen LogP contribution in [0, 0.1) is 0 Å². The molecule has 0 fully saturated rings. The summed E-state index contributed by atoms with van der Waals surface area (Å²) in [6.45, 7) is 2.43. The molecule has 0 N–H and O–H groups in total. The first-order chi connectivity index (χ1) is 12.8. The molecule has 2 aromatic carbocycles. The third-order valence-corrected chi connectivity index (χ3v) is 5.05. The third-order valence-electron chi connectivity index (χ3n) is 4.06. The Morgan fingerprint density at radius 1 is 1.04 bits per heavy atom. The molecule has 3 aromatic rings. The lowest BCUT2D eigenvalue weighted by Crippen LogP contribution is -2.07. The van der Waals surface area contributed by atoms with Gasteiger partial charge in [-0.2, -0.15) is 0 Å². The summed E-state index contributed by atoms with van der Waals surface area (Å²) in [6, 6.07) is 13.1. The maximum Gasteiger partial charge on any atom is 0.197 e. The van der Waals surface area contributed by atoms with E-state index in [2.05, 4.69) is 4.98 Å². The molecule has 0 aliphatic heterocycles. The highest BCUT2D eigenvalue weighted by atomic mass is 32.2. The van der Waals surface area contributed by atoms with E-state index in [1.807, 2.05) is 6.92 Å². The van der Waals surface area contributed by atoms with Crippen LogP contribution >= 0.6 is 0 Å². The maximum atomic E-state index is 13.1. The highest BCUT2D eigenvalue weighted by Crippen LogP contribution is 2.30. The molecule has 0 unspecified atom stereocenters. The number of rotatable bonds is 6. The average molecular weight is 385 g/mol. The van der Waals surface area contributed by atoms with Gasteiger partial charge in [-0.05, 0) is 55.5 Å². The molecule has 0 atom stereocenters. The molecule has 140 valence electrons. The summed E-state index contributed by atoms with van der Waals surface area (Å²) in [6.07, 6.45) is 1.09. The summed E-state index contributed by atoms with van der Waals surface area (Å²) in [4.78, 5) is 17.3. The van der Waals surface area contributed by atoms with Crippen LogP contribution in [0.15, 0.2) is 53.6 Å². The van der Waals surface area contributed by atoms with Crippen LogP contribution in [-0.4, -0.2) is 39.2 Å². The first-order valence-electron chi connectivity index (χ1n) is 8.30. The number of methoxy groups -OCH3 is 1. The number of hydrogen-bond acceptors (Lipinski definition) is 6. The number of carbonyl (C=O) groups excluding carboxylic acids is 1. The number of carbonyl (C=O) groups is 1. The van der Waals surface area contributed by atoms with E-state index in [0.29, 0.717) is 40.1 Å². The molecule has 6 nitrogen and oxygen atoms in total. The zero-order valence-corrected chi connectivity index (χ0v) is 16.0. The number of aromatic nitrogens is 1. The molecule has 0 spiro atoms. The van der Waals surface area contributed by atoms with Crippen molar-refractivity contribution in [2.24, 2.45) is 0 Å². The number of nitrogens with zero attached hydrogens (tertiary/aromatic N) is 1. The van der Waals surface area contributed by atoms with Gasteiger partial charge in [0, 0.05) is 17.2 Å². The van der Waals surface area contributed by atoms with Gasteiger partial charge in [0.2, 0.25) is 0 Å². The number of fused-ring (bicyclic) bond motifs is 1. The lowest BCUT2D eigenvalue weighted by atomic mass is 9.98. The normalized spacial score (nSPS) is 11.4. The number of pyridine rings is 1. The van der Waals surface area contributed by atoms with Crippen molar-refractivity contribution >= 4 is 26.5 Å². The van der Waals surface area contributed by atoms with E-state index in [9.17, 15) is 13.2 Å². The summed E-state index contributed by atoms with van der Waals surface area (Å²) < 4.78 is 34.3. The zero-order chi connectivity index (χ0) is 19.6. The third kappa shape index (κ3) is 3.78. The van der Waals surface area contributed by atoms with Crippen molar-refractivity contribution in [1.29, 1.82) is 0 Å². The Balaban J connectivity index is 2.14. The lowest BCUT2D eigenvalue weighted by molar-refractivity contribution is 0.103. The second-order valence-electron chi connectivity index (χ2n) is 5.92. The van der Waals surface area contributed by atoms with Gasteiger partial charge in [0.05, 0.1) is 24.8 Å². The van der Waals surface area contributed by atoms with Crippen LogP contribution in [0.4, 0.5) is 0 Å². The SMILES string of the molecule is CCOc1ccc(C(=O)c2c(OC)ccc3nc(S(C)(=O)=O)ccc23)cc1. The van der Waals surface area contributed by atoms with E-state index in [-0.39, 0.29) is 10.8 Å². The van der Waals surface area contributed by atoms with Gasteiger partial charge in [0.25, 0.3) is 0 Å². The fourth-order valence-corrected chi connectivity index (χ4v) is 3.37. The minimum absolute atomic E-state index is 0.0420. The van der Waals surface area contributed by atoms with Crippen LogP contribution in [-0.2, 0) is 9.84 Å². The molecular weight excluding hydrogens is 366 g/mol. The van der Waals surface area contributed by atoms with E-state index in [1.165, 1.54) is 13.2 Å². The average Bonchev–Trinajstić information content (AvgIpc) is 2.66. The van der Waals surface area contributed by atoms with Crippen molar-refractivity contribution in [2.45, 2.75) is 11.9 Å². The fraction of sp³-hybridized carbons (Fsp3) is 0.200. The molecule has 27 heavy (non-hydrogen) atoms. The van der Waals surface area contributed by atoms with E-state index in [0.717, 1.165) is 6.26 Å². The van der Waals surface area contributed by atoms with Gasteiger partial charge in [-0.3, -0.25) is 4.79 Å². The molecular formula is C20H19NO5S. The van der Waals surface area contributed by atoms with Crippen LogP contribution in [0.1, 0.15) is 22.8 Å². The van der Waals surface area contributed by atoms with Crippen LogP contribution in [0.3, 0.4) is 0 Å². The Kier molecular flexibility index (Phi) is 5.14. The number of sulfone groups is 1. The summed E-state index contributed by atoms with van der Waals surface area (Å²) >= 11 is 0. The molecule has 0 aliphatic rings. The topological polar surface area (TPSA) is 82.6 Å². The summed E-state index contributed by atoms with van der Waals surface area (Å²) in [5.74, 6) is 0.836. The number of ether oxygens (including phenoxy) is 2. The Bertz CT molecular complexity index is 1110. The monoisotopic (exact) mass is 385 g/mol. The van der Waals surface area contributed by atoms with Gasteiger partial charge in [0.1, 0.15) is 11.5 Å². The van der Waals surface area contributed by atoms with Gasteiger partial charge >= 0.3 is 0 Å². The number of ketones is 1. The van der Waals surface area contributed by atoms with Crippen molar-refractivity contribution in [3.63, 3.8) is 0 Å². The Labute approximate surface area is 157 Å². The minimum atomic E-state index is -3.45. The van der Waals surface area contributed by atoms with Crippen molar-refractivity contribution in [3.8, 4) is 11.5 Å². The van der Waals surface area contributed by atoms with Gasteiger partial charge < -0.3 is 9.47 Å². The van der Waals surface area contributed by atoms with E-state index >= 15 is 0 Å². The molecule has 7 heteroatoms. The number of benzene rings is 2. The second kappa shape index (κ2) is 7.36. The fourth-order valence-electron chi connectivity index (χ4n) is 2.79. The van der Waals surface area contributed by atoms with Crippen molar-refractivity contribution in [2.75, 3.05) is 20.0 Å². The zero-order valence-electron chi connectivity index (χ0n) is 15.2. The molecule has 0 saturated heterocycles. The smallest absolute Gasteiger partial charge is 0.197 e. The summed E-state index contributed by atoms with van der Waals surface area (Å²) in [5.41, 5.74) is 1.22. The van der Waals surface area contributed by atoms with E-state index in [1.54, 1.807) is 42.5 Å². The number of hydrogen-bond donors (Lipinski definition) is 0. The first kappa shape index (κ1) is 18.8. The maximum absolute atomic E-state index is 13.1. The van der Waals surface area contributed by atoms with Gasteiger partial charge in [-0.25, -0.2) is 13.4 Å².